The molecular weight excluding hydrogens is 102 g/mol. The molecule has 0 aliphatic heterocycles. The van der Waals surface area contributed by atoms with Crippen LogP contribution in [0, 0.1) is 0 Å². The summed E-state index contributed by atoms with van der Waals surface area (Å²) in [5.74, 6) is 0. The van der Waals surface area contributed by atoms with Crippen LogP contribution < -0.4 is 5.73 Å². The molecule has 0 aromatic heterocycles. The Balaban J connectivity index is 2.42. The monoisotopic (exact) mass is 113 g/mol. The van der Waals surface area contributed by atoms with E-state index in [1.807, 2.05) is 6.08 Å². The van der Waals surface area contributed by atoms with Gasteiger partial charge in [0.05, 0.1) is 6.10 Å². The van der Waals surface area contributed by atoms with Crippen LogP contribution in [0.5, 0.6) is 0 Å². The van der Waals surface area contributed by atoms with Crippen LogP contribution in [0.4, 0.5) is 0 Å². The highest BCUT2D eigenvalue weighted by atomic mass is 16.3. The number of aliphatic hydroxyl groups excluding tert-OH is 1. The van der Waals surface area contributed by atoms with Crippen molar-refractivity contribution in [2.45, 2.75) is 25.0 Å². The van der Waals surface area contributed by atoms with E-state index in [0.29, 0.717) is 0 Å². The number of hydrogen-bond acceptors (Lipinski definition) is 2. The zero-order valence-electron chi connectivity index (χ0n) is 4.75. The second-order valence-corrected chi connectivity index (χ2v) is 2.19. The van der Waals surface area contributed by atoms with E-state index in [1.54, 1.807) is 6.08 Å². The summed E-state index contributed by atoms with van der Waals surface area (Å²) in [6.07, 6.45) is 5.10. The summed E-state index contributed by atoms with van der Waals surface area (Å²) in [5, 5.41) is 8.88. The Morgan fingerprint density at radius 1 is 1.38 bits per heavy atom. The van der Waals surface area contributed by atoms with Crippen LogP contribution in [0.3, 0.4) is 0 Å². The molecule has 0 aromatic carbocycles. The minimum absolute atomic E-state index is 0.179. The summed E-state index contributed by atoms with van der Waals surface area (Å²) < 4.78 is 0. The van der Waals surface area contributed by atoms with Gasteiger partial charge in [-0.1, -0.05) is 12.2 Å². The summed E-state index contributed by atoms with van der Waals surface area (Å²) in [5.41, 5.74) is 5.50. The molecule has 0 fully saturated rings. The molecule has 2 nitrogen and oxygen atoms in total. The highest BCUT2D eigenvalue weighted by molar-refractivity contribution is 5.00. The Morgan fingerprint density at radius 2 is 2.12 bits per heavy atom. The fourth-order valence-corrected chi connectivity index (χ4v) is 0.827. The number of aliphatic hydroxyl groups is 1. The minimum Gasteiger partial charge on any atom is -0.389 e. The molecule has 3 N–H and O–H groups in total. The van der Waals surface area contributed by atoms with E-state index in [4.69, 9.17) is 10.8 Å². The number of nitrogens with two attached hydrogens (primary N) is 1. The molecule has 0 spiro atoms. The lowest BCUT2D eigenvalue weighted by atomic mass is 10.0. The maximum absolute atomic E-state index is 8.88. The first kappa shape index (κ1) is 5.79. The zero-order chi connectivity index (χ0) is 5.98. The minimum atomic E-state index is -0.241. The van der Waals surface area contributed by atoms with Crippen LogP contribution in [-0.4, -0.2) is 17.3 Å². The van der Waals surface area contributed by atoms with Gasteiger partial charge in [0.15, 0.2) is 0 Å². The van der Waals surface area contributed by atoms with E-state index >= 15 is 0 Å². The van der Waals surface area contributed by atoms with Crippen molar-refractivity contribution in [3.8, 4) is 0 Å². The Kier molecular flexibility index (Phi) is 1.65. The van der Waals surface area contributed by atoms with Crippen molar-refractivity contribution in [1.82, 2.24) is 0 Å². The number of rotatable bonds is 0. The summed E-state index contributed by atoms with van der Waals surface area (Å²) in [4.78, 5) is 0. The average molecular weight is 113 g/mol. The Morgan fingerprint density at radius 3 is 2.50 bits per heavy atom. The van der Waals surface area contributed by atoms with Gasteiger partial charge in [-0.25, -0.2) is 0 Å². The lowest BCUT2D eigenvalue weighted by Gasteiger charge is -2.14. The predicted molar refractivity (Wildman–Crippen MR) is 32.4 cm³/mol. The van der Waals surface area contributed by atoms with Gasteiger partial charge in [0.25, 0.3) is 0 Å². The second-order valence-electron chi connectivity index (χ2n) is 2.19. The van der Waals surface area contributed by atoms with Gasteiger partial charge >= 0.3 is 0 Å². The SMILES string of the molecule is NC1C=CC(O)CC1. The van der Waals surface area contributed by atoms with Crippen LogP contribution in [0.25, 0.3) is 0 Å². The van der Waals surface area contributed by atoms with Gasteiger partial charge in [-0.05, 0) is 12.8 Å². The van der Waals surface area contributed by atoms with Crippen LogP contribution in [-0.2, 0) is 0 Å². The predicted octanol–water partition coefficient (Wildman–Crippen LogP) is 0.0246. The molecule has 0 aromatic rings. The van der Waals surface area contributed by atoms with Crippen LogP contribution in [0.1, 0.15) is 12.8 Å². The van der Waals surface area contributed by atoms with Gasteiger partial charge in [-0.2, -0.15) is 0 Å². The van der Waals surface area contributed by atoms with Crippen LogP contribution in [0.15, 0.2) is 12.2 Å². The summed E-state index contributed by atoms with van der Waals surface area (Å²) in [7, 11) is 0. The van der Waals surface area contributed by atoms with Gasteiger partial charge in [0.2, 0.25) is 0 Å². The molecule has 8 heavy (non-hydrogen) atoms. The molecule has 2 unspecified atom stereocenters. The molecule has 0 heterocycles. The molecule has 2 atom stereocenters. The fraction of sp³-hybridized carbons (Fsp3) is 0.667. The van der Waals surface area contributed by atoms with E-state index in [9.17, 15) is 0 Å². The summed E-state index contributed by atoms with van der Waals surface area (Å²) in [6, 6.07) is 0.179. The summed E-state index contributed by atoms with van der Waals surface area (Å²) in [6.45, 7) is 0. The highest BCUT2D eigenvalue weighted by Crippen LogP contribution is 2.08. The molecule has 0 bridgehead atoms. The zero-order valence-corrected chi connectivity index (χ0v) is 4.75. The third kappa shape index (κ3) is 1.32. The van der Waals surface area contributed by atoms with Crippen molar-refractivity contribution < 1.29 is 5.11 Å². The Hall–Kier alpha value is -0.340. The van der Waals surface area contributed by atoms with E-state index in [2.05, 4.69) is 0 Å². The second kappa shape index (κ2) is 2.29. The first-order valence-electron chi connectivity index (χ1n) is 2.91. The third-order valence-electron chi connectivity index (χ3n) is 1.38. The average Bonchev–Trinajstić information content (AvgIpc) is 1.77. The largest absolute Gasteiger partial charge is 0.389 e. The van der Waals surface area contributed by atoms with Crippen LogP contribution in [0.2, 0.25) is 0 Å². The molecule has 1 aliphatic carbocycles. The molecule has 1 rings (SSSR count). The van der Waals surface area contributed by atoms with Gasteiger partial charge in [0.1, 0.15) is 0 Å². The van der Waals surface area contributed by atoms with Crippen LogP contribution >= 0.6 is 0 Å². The lowest BCUT2D eigenvalue weighted by Crippen LogP contribution is -2.23. The number of hydrogen-bond donors (Lipinski definition) is 2. The Labute approximate surface area is 49.0 Å². The van der Waals surface area contributed by atoms with E-state index in [-0.39, 0.29) is 12.1 Å². The van der Waals surface area contributed by atoms with E-state index in [0.717, 1.165) is 12.8 Å². The van der Waals surface area contributed by atoms with E-state index < -0.39 is 0 Å². The van der Waals surface area contributed by atoms with Gasteiger partial charge < -0.3 is 10.8 Å². The van der Waals surface area contributed by atoms with Gasteiger partial charge in [-0.3, -0.25) is 0 Å². The molecule has 46 valence electrons. The molecular formula is C6H11NO. The van der Waals surface area contributed by atoms with Crippen molar-refractivity contribution in [1.29, 1.82) is 0 Å². The standard InChI is InChI=1S/C6H11NO/c7-5-1-3-6(8)4-2-5/h1,3,5-6,8H,2,4,7H2. The molecule has 0 saturated carbocycles. The highest BCUT2D eigenvalue weighted by Gasteiger charge is 2.08. The quantitative estimate of drug-likeness (QED) is 0.435. The van der Waals surface area contributed by atoms with E-state index in [1.165, 1.54) is 0 Å². The molecule has 0 amide bonds. The van der Waals surface area contributed by atoms with Crippen molar-refractivity contribution in [2.75, 3.05) is 0 Å². The topological polar surface area (TPSA) is 46.2 Å². The fourth-order valence-electron chi connectivity index (χ4n) is 0.827. The van der Waals surface area contributed by atoms with Crippen molar-refractivity contribution in [3.63, 3.8) is 0 Å². The van der Waals surface area contributed by atoms with Crippen molar-refractivity contribution in [3.05, 3.63) is 12.2 Å². The Bertz CT molecular complexity index is 88.7. The summed E-state index contributed by atoms with van der Waals surface area (Å²) >= 11 is 0. The first-order valence-corrected chi connectivity index (χ1v) is 2.91. The molecule has 0 saturated heterocycles. The van der Waals surface area contributed by atoms with Gasteiger partial charge in [0, 0.05) is 6.04 Å². The van der Waals surface area contributed by atoms with Crippen molar-refractivity contribution in [2.24, 2.45) is 5.73 Å². The molecule has 0 radical (unpaired) electrons. The molecule has 1 aliphatic rings. The third-order valence-corrected chi connectivity index (χ3v) is 1.38. The normalized spacial score (nSPS) is 37.8. The lowest BCUT2D eigenvalue weighted by molar-refractivity contribution is 0.201. The molecule has 2 heteroatoms. The maximum atomic E-state index is 8.88. The smallest absolute Gasteiger partial charge is 0.0722 e. The maximum Gasteiger partial charge on any atom is 0.0722 e. The van der Waals surface area contributed by atoms with Crippen molar-refractivity contribution >= 4 is 0 Å². The first-order chi connectivity index (χ1) is 3.79. The van der Waals surface area contributed by atoms with Gasteiger partial charge in [-0.15, -0.1) is 0 Å².